The van der Waals surface area contributed by atoms with Crippen LogP contribution in [0.1, 0.15) is 18.4 Å². The fourth-order valence-electron chi connectivity index (χ4n) is 4.61. The molecule has 0 bridgehead atoms. The van der Waals surface area contributed by atoms with E-state index in [9.17, 15) is 17.6 Å². The number of nitrogens with zero attached hydrogens (tertiary/aromatic N) is 3. The maximum Gasteiger partial charge on any atom is 0.243 e. The number of benzene rings is 3. The van der Waals surface area contributed by atoms with Gasteiger partial charge in [0.1, 0.15) is 11.6 Å². The zero-order valence-electron chi connectivity index (χ0n) is 22.8. The molecule has 1 atom stereocenters. The molecule has 214 valence electrons. The molecular formula is C30H31FN4O5S. The van der Waals surface area contributed by atoms with Crippen molar-refractivity contribution in [1.29, 1.82) is 0 Å². The Bertz CT molecular complexity index is 1600. The van der Waals surface area contributed by atoms with Gasteiger partial charge in [0.15, 0.2) is 0 Å². The first kappa shape index (κ1) is 28.5. The SMILES string of the molecule is COc1ccc(-c2cn(-c3ccc(F)cc3)c(NC(=O)CN(C[C@H]3CCCO3)S(=O)(=O)c3ccc(C)cc3)n2)cc1. The van der Waals surface area contributed by atoms with Gasteiger partial charge >= 0.3 is 0 Å². The quantitative estimate of drug-likeness (QED) is 0.290. The smallest absolute Gasteiger partial charge is 0.243 e. The predicted molar refractivity (Wildman–Crippen MR) is 153 cm³/mol. The van der Waals surface area contributed by atoms with E-state index in [0.717, 1.165) is 21.9 Å². The van der Waals surface area contributed by atoms with Crippen LogP contribution in [0.3, 0.4) is 0 Å². The van der Waals surface area contributed by atoms with E-state index in [1.165, 1.54) is 24.3 Å². The lowest BCUT2D eigenvalue weighted by Crippen LogP contribution is -2.42. The maximum absolute atomic E-state index is 13.7. The van der Waals surface area contributed by atoms with Crippen molar-refractivity contribution in [1.82, 2.24) is 13.9 Å². The molecule has 5 rings (SSSR count). The summed E-state index contributed by atoms with van der Waals surface area (Å²) >= 11 is 0. The molecule has 0 radical (unpaired) electrons. The molecule has 1 saturated heterocycles. The summed E-state index contributed by atoms with van der Waals surface area (Å²) in [5.74, 6) is -0.131. The summed E-state index contributed by atoms with van der Waals surface area (Å²) in [5, 5.41) is 2.77. The molecule has 41 heavy (non-hydrogen) atoms. The van der Waals surface area contributed by atoms with E-state index in [1.807, 2.05) is 19.1 Å². The molecule has 1 fully saturated rings. The number of aromatic nitrogens is 2. The predicted octanol–water partition coefficient (Wildman–Crippen LogP) is 4.80. The molecule has 1 aromatic heterocycles. The summed E-state index contributed by atoms with van der Waals surface area (Å²) in [5.41, 5.74) is 2.81. The van der Waals surface area contributed by atoms with Crippen molar-refractivity contribution in [2.24, 2.45) is 0 Å². The normalized spacial score (nSPS) is 15.3. The van der Waals surface area contributed by atoms with Crippen molar-refractivity contribution in [3.63, 3.8) is 0 Å². The first-order valence-electron chi connectivity index (χ1n) is 13.2. The number of carbonyl (C=O) groups excluding carboxylic acids is 1. The molecule has 9 nitrogen and oxygen atoms in total. The van der Waals surface area contributed by atoms with Crippen molar-refractivity contribution in [2.75, 3.05) is 32.1 Å². The maximum atomic E-state index is 13.7. The molecule has 1 N–H and O–H groups in total. The van der Waals surface area contributed by atoms with Gasteiger partial charge in [0.25, 0.3) is 0 Å². The molecular weight excluding hydrogens is 547 g/mol. The third-order valence-electron chi connectivity index (χ3n) is 6.86. The number of hydrogen-bond acceptors (Lipinski definition) is 6. The van der Waals surface area contributed by atoms with Gasteiger partial charge in [-0.1, -0.05) is 17.7 Å². The van der Waals surface area contributed by atoms with Gasteiger partial charge < -0.3 is 9.47 Å². The fraction of sp³-hybridized carbons (Fsp3) is 0.267. The van der Waals surface area contributed by atoms with Crippen LogP contribution in [-0.2, 0) is 19.6 Å². The summed E-state index contributed by atoms with van der Waals surface area (Å²) in [4.78, 5) is 18.1. The minimum absolute atomic E-state index is 0.0487. The van der Waals surface area contributed by atoms with E-state index in [0.29, 0.717) is 30.2 Å². The molecule has 2 heterocycles. The molecule has 0 aliphatic carbocycles. The molecule has 1 aliphatic rings. The van der Waals surface area contributed by atoms with Crippen LogP contribution < -0.4 is 10.1 Å². The van der Waals surface area contributed by atoms with Gasteiger partial charge in [0, 0.05) is 30.6 Å². The zero-order chi connectivity index (χ0) is 29.0. The number of carbonyl (C=O) groups is 1. The van der Waals surface area contributed by atoms with Crippen LogP contribution in [0.25, 0.3) is 16.9 Å². The number of halogens is 1. The van der Waals surface area contributed by atoms with Crippen LogP contribution >= 0.6 is 0 Å². The molecule has 0 spiro atoms. The Labute approximate surface area is 238 Å². The lowest BCUT2D eigenvalue weighted by Gasteiger charge is -2.24. The number of hydrogen-bond donors (Lipinski definition) is 1. The van der Waals surface area contributed by atoms with Crippen LogP contribution in [0.2, 0.25) is 0 Å². The Morgan fingerprint density at radius 1 is 1.10 bits per heavy atom. The highest BCUT2D eigenvalue weighted by atomic mass is 32.2. The number of nitrogens with one attached hydrogen (secondary N) is 1. The van der Waals surface area contributed by atoms with E-state index < -0.39 is 28.3 Å². The monoisotopic (exact) mass is 578 g/mol. The third-order valence-corrected chi connectivity index (χ3v) is 8.68. The average Bonchev–Trinajstić information content (AvgIpc) is 3.64. The summed E-state index contributed by atoms with van der Waals surface area (Å²) in [7, 11) is -2.42. The second-order valence-corrected chi connectivity index (χ2v) is 11.8. The van der Waals surface area contributed by atoms with Gasteiger partial charge in [-0.2, -0.15) is 4.31 Å². The molecule has 11 heteroatoms. The van der Waals surface area contributed by atoms with Gasteiger partial charge in [-0.05, 0) is 80.4 Å². The summed E-state index contributed by atoms with van der Waals surface area (Å²) in [6, 6.07) is 19.5. The van der Waals surface area contributed by atoms with Crippen molar-refractivity contribution >= 4 is 21.9 Å². The van der Waals surface area contributed by atoms with E-state index in [4.69, 9.17) is 9.47 Å². The Hall–Kier alpha value is -4.06. The highest BCUT2D eigenvalue weighted by Crippen LogP contribution is 2.27. The van der Waals surface area contributed by atoms with E-state index >= 15 is 0 Å². The van der Waals surface area contributed by atoms with Crippen LogP contribution in [-0.4, -0.2) is 61.1 Å². The Morgan fingerprint density at radius 3 is 2.44 bits per heavy atom. The molecule has 4 aromatic rings. The van der Waals surface area contributed by atoms with Gasteiger partial charge in [-0.25, -0.2) is 17.8 Å². The zero-order valence-corrected chi connectivity index (χ0v) is 23.6. The van der Waals surface area contributed by atoms with Crippen LogP contribution in [0.15, 0.2) is 83.9 Å². The summed E-state index contributed by atoms with van der Waals surface area (Å²) in [6.45, 7) is 2.04. The molecule has 1 amide bonds. The third kappa shape index (κ3) is 6.64. The second-order valence-electron chi connectivity index (χ2n) is 9.82. The van der Waals surface area contributed by atoms with Crippen molar-refractivity contribution in [2.45, 2.75) is 30.8 Å². The lowest BCUT2D eigenvalue weighted by molar-refractivity contribution is -0.116. The van der Waals surface area contributed by atoms with Gasteiger partial charge in [-0.15, -0.1) is 0 Å². The fourth-order valence-corrected chi connectivity index (χ4v) is 6.04. The Morgan fingerprint density at radius 2 is 1.80 bits per heavy atom. The number of anilines is 1. The first-order chi connectivity index (χ1) is 19.7. The van der Waals surface area contributed by atoms with E-state index in [-0.39, 0.29) is 23.5 Å². The molecule has 0 unspecified atom stereocenters. The van der Waals surface area contributed by atoms with Gasteiger partial charge in [0.2, 0.25) is 21.9 Å². The summed E-state index contributed by atoms with van der Waals surface area (Å²) < 4.78 is 54.6. The van der Waals surface area contributed by atoms with Crippen molar-refractivity contribution in [3.05, 3.63) is 90.4 Å². The highest BCUT2D eigenvalue weighted by molar-refractivity contribution is 7.89. The van der Waals surface area contributed by atoms with E-state index in [1.54, 1.807) is 54.3 Å². The van der Waals surface area contributed by atoms with E-state index in [2.05, 4.69) is 10.3 Å². The molecule has 3 aromatic carbocycles. The number of imidazole rings is 1. The number of rotatable bonds is 10. The van der Waals surface area contributed by atoms with Crippen LogP contribution in [0, 0.1) is 12.7 Å². The number of aryl methyl sites for hydroxylation is 1. The first-order valence-corrected chi connectivity index (χ1v) is 14.6. The van der Waals surface area contributed by atoms with Crippen LogP contribution in [0.5, 0.6) is 5.75 Å². The summed E-state index contributed by atoms with van der Waals surface area (Å²) in [6.07, 6.45) is 2.96. The number of sulfonamides is 1. The topological polar surface area (TPSA) is 103 Å². The average molecular weight is 579 g/mol. The number of amides is 1. The Balaban J connectivity index is 1.44. The molecule has 1 aliphatic heterocycles. The highest BCUT2D eigenvalue weighted by Gasteiger charge is 2.31. The molecule has 0 saturated carbocycles. The van der Waals surface area contributed by atoms with Crippen LogP contribution in [0.4, 0.5) is 10.3 Å². The standard InChI is InChI=1S/C30H31FN4O5S/c1-21-5-15-27(16-6-21)41(37,38)34(18-26-4-3-17-40-26)20-29(36)33-30-32-28(22-7-13-25(39-2)14-8-22)19-35(30)24-11-9-23(31)10-12-24/h5-16,19,26H,3-4,17-18,20H2,1-2H3,(H,32,33,36)/t26-/m1/s1. The minimum Gasteiger partial charge on any atom is -0.497 e. The number of ether oxygens (including phenoxy) is 2. The number of methoxy groups -OCH3 is 1. The second kappa shape index (κ2) is 12.2. The van der Waals surface area contributed by atoms with Gasteiger partial charge in [-0.3, -0.25) is 14.7 Å². The largest absolute Gasteiger partial charge is 0.497 e. The van der Waals surface area contributed by atoms with Gasteiger partial charge in [0.05, 0.1) is 30.3 Å². The Kier molecular flexibility index (Phi) is 8.48. The lowest BCUT2D eigenvalue weighted by atomic mass is 10.1. The van der Waals surface area contributed by atoms with Crippen molar-refractivity contribution in [3.8, 4) is 22.7 Å². The van der Waals surface area contributed by atoms with Crippen molar-refractivity contribution < 1.29 is 27.1 Å². The minimum atomic E-state index is -3.99.